The Hall–Kier alpha value is -2.71. The number of rotatable bonds is 3. The standard InChI is InChI=1S/C17H14ClN5O2S/c1-8-4-5-11(18)15-14(8)20-17(26-15)23-13(6-9(2)21-23)19-16(24)12-7-10(3)25-22-12/h4-7H,1-3H3,(H,19,24). The van der Waals surface area contributed by atoms with Crippen LogP contribution in [0.4, 0.5) is 5.82 Å². The molecule has 0 bridgehead atoms. The van der Waals surface area contributed by atoms with Gasteiger partial charge in [0.1, 0.15) is 11.6 Å². The highest BCUT2D eigenvalue weighted by molar-refractivity contribution is 7.21. The van der Waals surface area contributed by atoms with Crippen molar-refractivity contribution in [2.75, 3.05) is 5.32 Å². The molecule has 1 N–H and O–H groups in total. The first-order valence-corrected chi connectivity index (χ1v) is 8.99. The third-order valence-corrected chi connectivity index (χ3v) is 5.29. The Morgan fingerprint density at radius 3 is 2.77 bits per heavy atom. The Morgan fingerprint density at radius 1 is 1.27 bits per heavy atom. The maximum Gasteiger partial charge on any atom is 0.279 e. The van der Waals surface area contributed by atoms with Crippen molar-refractivity contribution in [1.29, 1.82) is 0 Å². The summed E-state index contributed by atoms with van der Waals surface area (Å²) in [5.74, 6) is 0.690. The van der Waals surface area contributed by atoms with Crippen molar-refractivity contribution in [2.24, 2.45) is 0 Å². The van der Waals surface area contributed by atoms with E-state index in [9.17, 15) is 4.79 Å². The first-order valence-electron chi connectivity index (χ1n) is 7.80. The monoisotopic (exact) mass is 387 g/mol. The van der Waals surface area contributed by atoms with Crippen molar-refractivity contribution in [1.82, 2.24) is 19.9 Å². The maximum atomic E-state index is 12.4. The van der Waals surface area contributed by atoms with Crippen molar-refractivity contribution >= 4 is 44.9 Å². The zero-order valence-corrected chi connectivity index (χ0v) is 15.8. The summed E-state index contributed by atoms with van der Waals surface area (Å²) < 4.78 is 7.44. The van der Waals surface area contributed by atoms with Crippen LogP contribution in [0, 0.1) is 20.8 Å². The number of carbonyl (C=O) groups excluding carboxylic acids is 1. The van der Waals surface area contributed by atoms with Crippen LogP contribution in [0.25, 0.3) is 15.3 Å². The highest BCUT2D eigenvalue weighted by atomic mass is 35.5. The minimum atomic E-state index is -0.377. The van der Waals surface area contributed by atoms with Crippen molar-refractivity contribution in [3.05, 3.63) is 52.0 Å². The van der Waals surface area contributed by atoms with Gasteiger partial charge in [0, 0.05) is 12.1 Å². The van der Waals surface area contributed by atoms with E-state index in [1.54, 1.807) is 23.7 Å². The Morgan fingerprint density at radius 2 is 2.08 bits per heavy atom. The molecule has 0 saturated carbocycles. The van der Waals surface area contributed by atoms with Crippen LogP contribution in [-0.4, -0.2) is 25.8 Å². The molecule has 0 aliphatic heterocycles. The number of benzene rings is 1. The lowest BCUT2D eigenvalue weighted by molar-refractivity contribution is 0.101. The molecule has 0 aliphatic carbocycles. The third kappa shape index (κ3) is 2.87. The topological polar surface area (TPSA) is 85.8 Å². The summed E-state index contributed by atoms with van der Waals surface area (Å²) in [6.45, 7) is 5.55. The SMILES string of the molecule is Cc1cc(NC(=O)c2cc(C)on2)n(-c2nc3c(C)ccc(Cl)c3s2)n1. The molecule has 26 heavy (non-hydrogen) atoms. The number of fused-ring (bicyclic) bond motifs is 1. The van der Waals surface area contributed by atoms with Gasteiger partial charge in [-0.05, 0) is 32.4 Å². The Bertz CT molecular complexity index is 1100. The number of aromatic nitrogens is 4. The number of thiazole rings is 1. The van der Waals surface area contributed by atoms with Crippen LogP contribution in [0.5, 0.6) is 0 Å². The number of hydrogen-bond acceptors (Lipinski definition) is 6. The zero-order valence-electron chi connectivity index (χ0n) is 14.2. The molecule has 3 aromatic heterocycles. The van der Waals surface area contributed by atoms with Crippen molar-refractivity contribution in [3.63, 3.8) is 0 Å². The molecule has 0 spiro atoms. The normalized spacial score (nSPS) is 11.2. The highest BCUT2D eigenvalue weighted by Crippen LogP contribution is 2.34. The van der Waals surface area contributed by atoms with E-state index in [0.29, 0.717) is 21.7 Å². The summed E-state index contributed by atoms with van der Waals surface area (Å²) in [6.07, 6.45) is 0. The van der Waals surface area contributed by atoms with Gasteiger partial charge < -0.3 is 9.84 Å². The van der Waals surface area contributed by atoms with E-state index in [1.165, 1.54) is 11.3 Å². The van der Waals surface area contributed by atoms with Gasteiger partial charge in [-0.3, -0.25) is 4.79 Å². The zero-order chi connectivity index (χ0) is 18.4. The maximum absolute atomic E-state index is 12.4. The summed E-state index contributed by atoms with van der Waals surface area (Å²) in [7, 11) is 0. The van der Waals surface area contributed by atoms with Crippen LogP contribution in [0.3, 0.4) is 0 Å². The van der Waals surface area contributed by atoms with E-state index < -0.39 is 0 Å². The fraction of sp³-hybridized carbons (Fsp3) is 0.176. The number of carbonyl (C=O) groups is 1. The van der Waals surface area contributed by atoms with Crippen LogP contribution in [0.2, 0.25) is 5.02 Å². The Kier molecular flexibility index (Phi) is 4.01. The van der Waals surface area contributed by atoms with Crippen molar-refractivity contribution in [2.45, 2.75) is 20.8 Å². The average Bonchev–Trinajstić information content (AvgIpc) is 3.29. The van der Waals surface area contributed by atoms with Gasteiger partial charge in [0.15, 0.2) is 5.69 Å². The number of amides is 1. The quantitative estimate of drug-likeness (QED) is 0.566. The number of anilines is 1. The van der Waals surface area contributed by atoms with Crippen LogP contribution in [-0.2, 0) is 0 Å². The van der Waals surface area contributed by atoms with Crippen LogP contribution in [0.1, 0.15) is 27.5 Å². The average molecular weight is 388 g/mol. The molecule has 0 aliphatic rings. The predicted molar refractivity (Wildman–Crippen MR) is 100 cm³/mol. The fourth-order valence-electron chi connectivity index (χ4n) is 2.57. The second kappa shape index (κ2) is 6.22. The first kappa shape index (κ1) is 16.7. The molecule has 132 valence electrons. The van der Waals surface area contributed by atoms with Crippen LogP contribution >= 0.6 is 22.9 Å². The lowest BCUT2D eigenvalue weighted by Gasteiger charge is -2.04. The van der Waals surface area contributed by atoms with E-state index >= 15 is 0 Å². The van der Waals surface area contributed by atoms with Crippen LogP contribution in [0.15, 0.2) is 28.8 Å². The fourth-order valence-corrected chi connectivity index (χ4v) is 3.85. The summed E-state index contributed by atoms with van der Waals surface area (Å²) in [6, 6.07) is 7.12. The van der Waals surface area contributed by atoms with Gasteiger partial charge in [-0.2, -0.15) is 9.78 Å². The minimum Gasteiger partial charge on any atom is -0.361 e. The first-order chi connectivity index (χ1) is 12.4. The van der Waals surface area contributed by atoms with E-state index in [0.717, 1.165) is 21.5 Å². The molecule has 7 nitrogen and oxygen atoms in total. The van der Waals surface area contributed by atoms with Crippen molar-refractivity contribution < 1.29 is 9.32 Å². The van der Waals surface area contributed by atoms with Gasteiger partial charge in [-0.25, -0.2) is 4.98 Å². The second-order valence-corrected chi connectivity index (χ2v) is 7.28. The largest absolute Gasteiger partial charge is 0.361 e. The summed E-state index contributed by atoms with van der Waals surface area (Å²) in [5, 5.41) is 12.2. The van der Waals surface area contributed by atoms with Crippen molar-refractivity contribution in [3.8, 4) is 5.13 Å². The number of aryl methyl sites for hydroxylation is 3. The minimum absolute atomic E-state index is 0.205. The van der Waals surface area contributed by atoms with Gasteiger partial charge in [-0.1, -0.05) is 34.2 Å². The molecule has 0 saturated heterocycles. The molecule has 0 radical (unpaired) electrons. The number of halogens is 1. The van der Waals surface area contributed by atoms with Gasteiger partial charge in [0.05, 0.1) is 20.9 Å². The molecule has 0 fully saturated rings. The highest BCUT2D eigenvalue weighted by Gasteiger charge is 2.18. The second-order valence-electron chi connectivity index (χ2n) is 5.90. The molecular weight excluding hydrogens is 374 g/mol. The molecule has 1 aromatic carbocycles. The molecular formula is C17H14ClN5O2S. The number of nitrogens with one attached hydrogen (secondary N) is 1. The van der Waals surface area contributed by atoms with E-state index in [2.05, 4.69) is 20.6 Å². The van der Waals surface area contributed by atoms with Gasteiger partial charge in [0.2, 0.25) is 5.13 Å². The van der Waals surface area contributed by atoms with E-state index in [1.807, 2.05) is 26.0 Å². The summed E-state index contributed by atoms with van der Waals surface area (Å²) in [5.41, 5.74) is 2.81. The molecule has 0 unspecified atom stereocenters. The molecule has 9 heteroatoms. The lowest BCUT2D eigenvalue weighted by Crippen LogP contribution is -2.15. The van der Waals surface area contributed by atoms with Gasteiger partial charge in [-0.15, -0.1) is 0 Å². The summed E-state index contributed by atoms with van der Waals surface area (Å²) >= 11 is 7.71. The molecule has 4 aromatic rings. The Labute approximate surface area is 157 Å². The molecule has 0 atom stereocenters. The molecule has 3 heterocycles. The lowest BCUT2D eigenvalue weighted by atomic mass is 10.2. The van der Waals surface area contributed by atoms with Crippen LogP contribution < -0.4 is 5.32 Å². The molecule has 1 amide bonds. The number of hydrogen-bond donors (Lipinski definition) is 1. The summed E-state index contributed by atoms with van der Waals surface area (Å²) in [4.78, 5) is 17.0. The van der Waals surface area contributed by atoms with Gasteiger partial charge in [0.25, 0.3) is 5.91 Å². The number of nitrogens with zero attached hydrogens (tertiary/aromatic N) is 4. The molecule has 4 rings (SSSR count). The van der Waals surface area contributed by atoms with E-state index in [-0.39, 0.29) is 11.6 Å². The predicted octanol–water partition coefficient (Wildman–Crippen LogP) is 4.30. The van der Waals surface area contributed by atoms with Gasteiger partial charge >= 0.3 is 0 Å². The third-order valence-electron chi connectivity index (χ3n) is 3.80. The smallest absolute Gasteiger partial charge is 0.279 e. The Balaban J connectivity index is 1.75. The van der Waals surface area contributed by atoms with E-state index in [4.69, 9.17) is 16.1 Å².